The Labute approximate surface area is 104 Å². The monoisotopic (exact) mass is 259 g/mol. The number of halogens is 3. The molecular formula is C10H20Cl3N. The van der Waals surface area contributed by atoms with E-state index in [1.54, 1.807) is 0 Å². The van der Waals surface area contributed by atoms with E-state index < -0.39 is 0 Å². The fraction of sp³-hybridized carbons (Fsp3) is 1.00. The van der Waals surface area contributed by atoms with Gasteiger partial charge < -0.3 is 0 Å². The van der Waals surface area contributed by atoms with E-state index in [9.17, 15) is 0 Å². The van der Waals surface area contributed by atoms with Crippen LogP contribution in [-0.2, 0) is 0 Å². The van der Waals surface area contributed by atoms with Gasteiger partial charge in [0.1, 0.15) is 0 Å². The molecule has 1 fully saturated rings. The molecule has 0 aliphatic carbocycles. The lowest BCUT2D eigenvalue weighted by Crippen LogP contribution is -2.38. The molecule has 1 heterocycles. The minimum Gasteiger partial charge on any atom is -0.295 e. The first kappa shape index (κ1) is 14.8. The second-order valence-corrected chi connectivity index (χ2v) is 4.40. The first-order valence-corrected chi connectivity index (χ1v) is 6.28. The van der Waals surface area contributed by atoms with Gasteiger partial charge in [-0.25, -0.2) is 0 Å². The number of alkyl halides is 2. The van der Waals surface area contributed by atoms with Crippen LogP contribution in [0.2, 0.25) is 0 Å². The van der Waals surface area contributed by atoms with Crippen molar-refractivity contribution < 1.29 is 0 Å². The summed E-state index contributed by atoms with van der Waals surface area (Å²) in [5.74, 6) is 1.52. The molecule has 1 rings (SSSR count). The van der Waals surface area contributed by atoms with Gasteiger partial charge in [-0.15, -0.1) is 35.6 Å². The molecule has 2 atom stereocenters. The fourth-order valence-corrected chi connectivity index (χ4v) is 2.72. The molecule has 0 spiro atoms. The molecule has 0 N–H and O–H groups in total. The van der Waals surface area contributed by atoms with Gasteiger partial charge in [-0.1, -0.05) is 13.3 Å². The first-order chi connectivity index (χ1) is 6.33. The quantitative estimate of drug-likeness (QED) is 0.684. The Balaban J connectivity index is 0.00000169. The van der Waals surface area contributed by atoms with Crippen molar-refractivity contribution in [2.24, 2.45) is 0 Å². The van der Waals surface area contributed by atoms with Crippen LogP contribution in [0.4, 0.5) is 0 Å². The van der Waals surface area contributed by atoms with Crippen molar-refractivity contribution in [3.63, 3.8) is 0 Å². The van der Waals surface area contributed by atoms with E-state index >= 15 is 0 Å². The summed E-state index contributed by atoms with van der Waals surface area (Å²) < 4.78 is 0. The number of unbranched alkanes of at least 4 members (excludes halogenated alkanes) is 1. The molecule has 86 valence electrons. The third kappa shape index (κ3) is 3.77. The number of likely N-dealkylation sites (tertiary alicyclic amines) is 1. The van der Waals surface area contributed by atoms with Crippen molar-refractivity contribution >= 4 is 35.6 Å². The zero-order chi connectivity index (χ0) is 9.68. The first-order valence-electron chi connectivity index (χ1n) is 5.21. The predicted octanol–water partition coefficient (Wildman–Crippen LogP) is 3.52. The molecule has 14 heavy (non-hydrogen) atoms. The topological polar surface area (TPSA) is 3.24 Å². The molecule has 0 amide bonds. The van der Waals surface area contributed by atoms with Crippen LogP contribution in [0.3, 0.4) is 0 Å². The summed E-state index contributed by atoms with van der Waals surface area (Å²) in [7, 11) is 0. The highest BCUT2D eigenvalue weighted by Gasteiger charge is 2.31. The highest BCUT2D eigenvalue weighted by atomic mass is 35.5. The van der Waals surface area contributed by atoms with Crippen LogP contribution < -0.4 is 0 Å². The van der Waals surface area contributed by atoms with Crippen molar-refractivity contribution in [3.05, 3.63) is 0 Å². The lowest BCUT2D eigenvalue weighted by atomic mass is 10.2. The molecule has 0 radical (unpaired) electrons. The lowest BCUT2D eigenvalue weighted by molar-refractivity contribution is 0.215. The van der Waals surface area contributed by atoms with Gasteiger partial charge >= 0.3 is 0 Å². The summed E-state index contributed by atoms with van der Waals surface area (Å²) in [6, 6.07) is 1.16. The van der Waals surface area contributed by atoms with Crippen molar-refractivity contribution in [2.45, 2.75) is 44.7 Å². The Bertz CT molecular complexity index is 131. The minimum atomic E-state index is 0. The maximum Gasteiger partial charge on any atom is 0.0379 e. The third-order valence-corrected chi connectivity index (χ3v) is 3.61. The van der Waals surface area contributed by atoms with Crippen molar-refractivity contribution in [1.29, 1.82) is 0 Å². The van der Waals surface area contributed by atoms with E-state index in [1.807, 2.05) is 0 Å². The average Bonchev–Trinajstić information content (AvgIpc) is 2.56. The van der Waals surface area contributed by atoms with Crippen LogP contribution in [0.5, 0.6) is 0 Å². The van der Waals surface area contributed by atoms with Crippen LogP contribution in [0, 0.1) is 0 Å². The maximum absolute atomic E-state index is 5.92. The van der Waals surface area contributed by atoms with Crippen LogP contribution in [0.15, 0.2) is 0 Å². The fourth-order valence-electron chi connectivity index (χ4n) is 2.05. The standard InChI is InChI=1S/C10H19Cl2N.ClH/c1-2-3-6-13-9(7-11)4-5-10(13)8-12;/h9-10H,2-8H2,1H3;1H. The highest BCUT2D eigenvalue weighted by Crippen LogP contribution is 2.26. The van der Waals surface area contributed by atoms with E-state index in [0.717, 1.165) is 11.8 Å². The number of hydrogen-bond donors (Lipinski definition) is 0. The second kappa shape index (κ2) is 8.04. The molecule has 0 aromatic rings. The SMILES string of the molecule is CCCCN1C(CCl)CCC1CCl.Cl. The molecular weight excluding hydrogens is 240 g/mol. The van der Waals surface area contributed by atoms with Crippen LogP contribution in [-0.4, -0.2) is 35.3 Å². The molecule has 0 aromatic carbocycles. The summed E-state index contributed by atoms with van der Waals surface area (Å²) in [6.45, 7) is 3.40. The van der Waals surface area contributed by atoms with Gasteiger partial charge in [-0.2, -0.15) is 0 Å². The zero-order valence-electron chi connectivity index (χ0n) is 8.72. The van der Waals surface area contributed by atoms with Crippen LogP contribution in [0.25, 0.3) is 0 Å². The van der Waals surface area contributed by atoms with Crippen LogP contribution in [0.1, 0.15) is 32.6 Å². The van der Waals surface area contributed by atoms with Gasteiger partial charge in [0.05, 0.1) is 0 Å². The van der Waals surface area contributed by atoms with Crippen molar-refractivity contribution in [3.8, 4) is 0 Å². The molecule has 0 bridgehead atoms. The molecule has 1 aliphatic heterocycles. The summed E-state index contributed by atoms with van der Waals surface area (Å²) in [5.41, 5.74) is 0. The summed E-state index contributed by atoms with van der Waals surface area (Å²) in [6.07, 6.45) is 4.97. The molecule has 0 saturated carbocycles. The van der Waals surface area contributed by atoms with E-state index in [0.29, 0.717) is 12.1 Å². The highest BCUT2D eigenvalue weighted by molar-refractivity contribution is 6.18. The second-order valence-electron chi connectivity index (χ2n) is 3.78. The van der Waals surface area contributed by atoms with Gasteiger partial charge in [-0.3, -0.25) is 4.90 Å². The molecule has 0 aromatic heterocycles. The molecule has 1 nitrogen and oxygen atoms in total. The van der Waals surface area contributed by atoms with Gasteiger partial charge in [0.2, 0.25) is 0 Å². The summed E-state index contributed by atoms with van der Waals surface area (Å²) in [4.78, 5) is 2.50. The van der Waals surface area contributed by atoms with Gasteiger partial charge in [0.15, 0.2) is 0 Å². The Morgan fingerprint density at radius 2 is 1.64 bits per heavy atom. The Morgan fingerprint density at radius 1 is 1.14 bits per heavy atom. The van der Waals surface area contributed by atoms with Gasteiger partial charge in [0.25, 0.3) is 0 Å². The molecule has 2 unspecified atom stereocenters. The predicted molar refractivity (Wildman–Crippen MR) is 67.1 cm³/mol. The van der Waals surface area contributed by atoms with E-state index in [2.05, 4.69) is 11.8 Å². The van der Waals surface area contributed by atoms with E-state index in [4.69, 9.17) is 23.2 Å². The molecule has 1 aliphatic rings. The largest absolute Gasteiger partial charge is 0.295 e. The summed E-state index contributed by atoms with van der Waals surface area (Å²) in [5, 5.41) is 0. The average molecular weight is 261 g/mol. The minimum absolute atomic E-state index is 0. The normalized spacial score (nSPS) is 27.6. The van der Waals surface area contributed by atoms with E-state index in [1.165, 1.54) is 32.2 Å². The van der Waals surface area contributed by atoms with Crippen molar-refractivity contribution in [1.82, 2.24) is 4.90 Å². The Kier molecular flexibility index (Phi) is 8.51. The number of hydrogen-bond acceptors (Lipinski definition) is 1. The van der Waals surface area contributed by atoms with Gasteiger partial charge in [0, 0.05) is 23.8 Å². The lowest BCUT2D eigenvalue weighted by Gasteiger charge is -2.27. The number of nitrogens with zero attached hydrogens (tertiary/aromatic N) is 1. The maximum atomic E-state index is 5.92. The Morgan fingerprint density at radius 3 is 2.00 bits per heavy atom. The smallest absolute Gasteiger partial charge is 0.0379 e. The van der Waals surface area contributed by atoms with Gasteiger partial charge in [-0.05, 0) is 25.8 Å². The molecule has 1 saturated heterocycles. The third-order valence-electron chi connectivity index (χ3n) is 2.90. The Hall–Kier alpha value is 0.830. The number of rotatable bonds is 5. The molecule has 4 heteroatoms. The van der Waals surface area contributed by atoms with Crippen LogP contribution >= 0.6 is 35.6 Å². The van der Waals surface area contributed by atoms with Crippen molar-refractivity contribution in [2.75, 3.05) is 18.3 Å². The van der Waals surface area contributed by atoms with E-state index in [-0.39, 0.29) is 12.4 Å². The zero-order valence-corrected chi connectivity index (χ0v) is 11.0. The summed E-state index contributed by atoms with van der Waals surface area (Å²) >= 11 is 11.8.